The molecule has 1 aliphatic heterocycles. The van der Waals surface area contributed by atoms with E-state index < -0.39 is 0 Å². The summed E-state index contributed by atoms with van der Waals surface area (Å²) in [4.78, 5) is 2.36. The number of hydrogen-bond acceptors (Lipinski definition) is 3. The summed E-state index contributed by atoms with van der Waals surface area (Å²) in [5.74, 6) is 0. The van der Waals surface area contributed by atoms with E-state index in [0.717, 1.165) is 32.8 Å². The van der Waals surface area contributed by atoms with Crippen molar-refractivity contribution >= 4 is 0 Å². The van der Waals surface area contributed by atoms with Gasteiger partial charge in [0.15, 0.2) is 0 Å². The summed E-state index contributed by atoms with van der Waals surface area (Å²) in [6.07, 6.45) is 10.1. The van der Waals surface area contributed by atoms with E-state index in [-0.39, 0.29) is 0 Å². The molecule has 0 spiro atoms. The van der Waals surface area contributed by atoms with Gasteiger partial charge in [-0.05, 0) is 50.4 Å². The van der Waals surface area contributed by atoms with E-state index in [2.05, 4.69) is 41.1 Å². The van der Waals surface area contributed by atoms with E-state index in [9.17, 15) is 0 Å². The third kappa shape index (κ3) is 3.68. The normalized spacial score (nSPS) is 26.8. The molecule has 0 saturated carbocycles. The third-order valence-electron chi connectivity index (χ3n) is 4.71. The molecule has 4 nitrogen and oxygen atoms in total. The number of aryl methyl sites for hydroxylation is 1. The van der Waals surface area contributed by atoms with Crippen LogP contribution in [-0.4, -0.2) is 48.9 Å². The predicted molar refractivity (Wildman–Crippen MR) is 85.6 cm³/mol. The molecule has 118 valence electrons. The predicted octanol–water partition coefficient (Wildman–Crippen LogP) is 2.20. The molecule has 1 fully saturated rings. The summed E-state index contributed by atoms with van der Waals surface area (Å²) < 4.78 is 8.26. The van der Waals surface area contributed by atoms with Crippen LogP contribution >= 0.6 is 0 Å². The van der Waals surface area contributed by atoms with Crippen molar-refractivity contribution in [2.24, 2.45) is 0 Å². The lowest BCUT2D eigenvalue weighted by molar-refractivity contribution is -0.0274. The first-order valence-electron chi connectivity index (χ1n) is 8.48. The van der Waals surface area contributed by atoms with Crippen LogP contribution in [0.15, 0.2) is 12.4 Å². The Morgan fingerprint density at radius 2 is 2.29 bits per heavy atom. The fourth-order valence-electron chi connectivity index (χ4n) is 3.60. The Kier molecular flexibility index (Phi) is 4.99. The SMILES string of the molecule is CCCNC1CCCc2cn(CC3CN(C)CCO3)cc21. The van der Waals surface area contributed by atoms with Crippen molar-refractivity contribution in [3.63, 3.8) is 0 Å². The van der Waals surface area contributed by atoms with Gasteiger partial charge in [0.05, 0.1) is 12.7 Å². The lowest BCUT2D eigenvalue weighted by Crippen LogP contribution is -2.41. The quantitative estimate of drug-likeness (QED) is 0.902. The van der Waals surface area contributed by atoms with Gasteiger partial charge in [-0.15, -0.1) is 0 Å². The number of ether oxygens (including phenoxy) is 1. The first kappa shape index (κ1) is 15.1. The molecule has 0 bridgehead atoms. The van der Waals surface area contributed by atoms with Crippen molar-refractivity contribution in [2.45, 2.75) is 51.3 Å². The van der Waals surface area contributed by atoms with Crippen molar-refractivity contribution in [3.05, 3.63) is 23.5 Å². The van der Waals surface area contributed by atoms with E-state index in [0.29, 0.717) is 12.1 Å². The summed E-state index contributed by atoms with van der Waals surface area (Å²) in [5.41, 5.74) is 3.07. The van der Waals surface area contributed by atoms with Gasteiger partial charge in [-0.1, -0.05) is 6.92 Å². The van der Waals surface area contributed by atoms with Crippen LogP contribution in [0.2, 0.25) is 0 Å². The second-order valence-corrected chi connectivity index (χ2v) is 6.59. The minimum atomic E-state index is 0.333. The van der Waals surface area contributed by atoms with Gasteiger partial charge in [0.2, 0.25) is 0 Å². The maximum atomic E-state index is 5.90. The molecule has 0 radical (unpaired) electrons. The highest BCUT2D eigenvalue weighted by Gasteiger charge is 2.23. The number of morpholine rings is 1. The smallest absolute Gasteiger partial charge is 0.0880 e. The number of nitrogens with zero attached hydrogens (tertiary/aromatic N) is 2. The van der Waals surface area contributed by atoms with E-state index in [4.69, 9.17) is 4.74 Å². The Hall–Kier alpha value is -0.840. The van der Waals surface area contributed by atoms with Gasteiger partial charge < -0.3 is 19.5 Å². The number of likely N-dealkylation sites (N-methyl/N-ethyl adjacent to an activating group) is 1. The molecule has 2 unspecified atom stereocenters. The minimum absolute atomic E-state index is 0.333. The molecule has 0 aromatic carbocycles. The average molecular weight is 291 g/mol. The Morgan fingerprint density at radius 3 is 3.10 bits per heavy atom. The van der Waals surface area contributed by atoms with Crippen molar-refractivity contribution in [1.29, 1.82) is 0 Å². The molecule has 3 rings (SSSR count). The number of rotatable bonds is 5. The molecule has 2 heterocycles. The molecule has 1 aliphatic carbocycles. The van der Waals surface area contributed by atoms with Gasteiger partial charge in [-0.2, -0.15) is 0 Å². The van der Waals surface area contributed by atoms with Gasteiger partial charge in [-0.25, -0.2) is 0 Å². The number of fused-ring (bicyclic) bond motifs is 1. The van der Waals surface area contributed by atoms with Gasteiger partial charge >= 0.3 is 0 Å². The Bertz CT molecular complexity index is 457. The highest BCUT2D eigenvalue weighted by molar-refractivity contribution is 5.30. The second kappa shape index (κ2) is 6.95. The largest absolute Gasteiger partial charge is 0.374 e. The van der Waals surface area contributed by atoms with Crippen molar-refractivity contribution in [1.82, 2.24) is 14.8 Å². The van der Waals surface area contributed by atoms with Crippen LogP contribution in [0, 0.1) is 0 Å². The lowest BCUT2D eigenvalue weighted by Gasteiger charge is -2.30. The fourth-order valence-corrected chi connectivity index (χ4v) is 3.60. The average Bonchev–Trinajstić information content (AvgIpc) is 2.88. The van der Waals surface area contributed by atoms with Gasteiger partial charge in [0.1, 0.15) is 0 Å². The molecule has 1 N–H and O–H groups in total. The molecule has 1 saturated heterocycles. The molecular weight excluding hydrogens is 262 g/mol. The fraction of sp³-hybridized carbons (Fsp3) is 0.765. The van der Waals surface area contributed by atoms with Crippen LogP contribution in [0.4, 0.5) is 0 Å². The summed E-state index contributed by atoms with van der Waals surface area (Å²) in [6.45, 7) is 7.30. The van der Waals surface area contributed by atoms with Crippen LogP contribution in [0.25, 0.3) is 0 Å². The monoisotopic (exact) mass is 291 g/mol. The van der Waals surface area contributed by atoms with Crippen molar-refractivity contribution < 1.29 is 4.74 Å². The zero-order chi connectivity index (χ0) is 14.7. The van der Waals surface area contributed by atoms with E-state index >= 15 is 0 Å². The van der Waals surface area contributed by atoms with Crippen molar-refractivity contribution in [2.75, 3.05) is 33.3 Å². The maximum Gasteiger partial charge on any atom is 0.0880 e. The second-order valence-electron chi connectivity index (χ2n) is 6.59. The van der Waals surface area contributed by atoms with E-state index in [1.54, 1.807) is 5.56 Å². The van der Waals surface area contributed by atoms with Crippen LogP contribution in [0.3, 0.4) is 0 Å². The van der Waals surface area contributed by atoms with Crippen LogP contribution in [0.5, 0.6) is 0 Å². The molecule has 4 heteroatoms. The molecule has 21 heavy (non-hydrogen) atoms. The third-order valence-corrected chi connectivity index (χ3v) is 4.71. The molecular formula is C17H29N3O. The van der Waals surface area contributed by atoms with Gasteiger partial charge in [0, 0.05) is 38.1 Å². The number of nitrogens with one attached hydrogen (secondary N) is 1. The highest BCUT2D eigenvalue weighted by Crippen LogP contribution is 2.30. The molecule has 2 atom stereocenters. The maximum absolute atomic E-state index is 5.90. The number of aromatic nitrogens is 1. The summed E-state index contributed by atoms with van der Waals surface area (Å²) >= 11 is 0. The van der Waals surface area contributed by atoms with Gasteiger partial charge in [-0.3, -0.25) is 0 Å². The minimum Gasteiger partial charge on any atom is -0.374 e. The molecule has 1 aromatic heterocycles. The first-order valence-corrected chi connectivity index (χ1v) is 8.48. The van der Waals surface area contributed by atoms with Gasteiger partial charge in [0.25, 0.3) is 0 Å². The number of hydrogen-bond donors (Lipinski definition) is 1. The Balaban J connectivity index is 1.66. The van der Waals surface area contributed by atoms with E-state index in [1.165, 1.54) is 31.2 Å². The lowest BCUT2D eigenvalue weighted by atomic mass is 9.91. The first-order chi connectivity index (χ1) is 10.3. The summed E-state index contributed by atoms with van der Waals surface area (Å²) in [6, 6.07) is 0.560. The van der Waals surface area contributed by atoms with Crippen molar-refractivity contribution in [3.8, 4) is 0 Å². The Labute approximate surface area is 128 Å². The zero-order valence-corrected chi connectivity index (χ0v) is 13.5. The zero-order valence-electron chi connectivity index (χ0n) is 13.5. The molecule has 2 aliphatic rings. The highest BCUT2D eigenvalue weighted by atomic mass is 16.5. The summed E-state index contributed by atoms with van der Waals surface area (Å²) in [7, 11) is 2.18. The van der Waals surface area contributed by atoms with Crippen LogP contribution in [-0.2, 0) is 17.7 Å². The molecule has 1 aromatic rings. The van der Waals surface area contributed by atoms with Crippen LogP contribution < -0.4 is 5.32 Å². The summed E-state index contributed by atoms with van der Waals surface area (Å²) in [5, 5.41) is 3.70. The Morgan fingerprint density at radius 1 is 1.38 bits per heavy atom. The topological polar surface area (TPSA) is 29.4 Å². The molecule has 0 amide bonds. The van der Waals surface area contributed by atoms with E-state index in [1.807, 2.05) is 0 Å². The van der Waals surface area contributed by atoms with Crippen LogP contribution in [0.1, 0.15) is 43.4 Å². The standard InChI is InChI=1S/C17H29N3O/c1-3-7-18-17-6-4-5-14-10-20(13-16(14)17)12-15-11-19(2)8-9-21-15/h10,13,15,17-18H,3-9,11-12H2,1-2H3.